The Morgan fingerprint density at radius 3 is 2.54 bits per heavy atom. The molecule has 7 rings (SSSR count). The predicted molar refractivity (Wildman–Crippen MR) is 141 cm³/mol. The van der Waals surface area contributed by atoms with E-state index < -0.39 is 24.4 Å². The van der Waals surface area contributed by atoms with Crippen LogP contribution in [0.1, 0.15) is 23.9 Å². The van der Waals surface area contributed by atoms with Gasteiger partial charge in [-0.05, 0) is 49.1 Å². The third kappa shape index (κ3) is 4.43. The van der Waals surface area contributed by atoms with E-state index in [2.05, 4.69) is 42.1 Å². The van der Waals surface area contributed by atoms with Crippen molar-refractivity contribution in [1.82, 2.24) is 34.3 Å². The average Bonchev–Trinajstić information content (AvgIpc) is 3.66. The highest BCUT2D eigenvalue weighted by molar-refractivity contribution is 5.83. The lowest BCUT2D eigenvalue weighted by Crippen LogP contribution is -2.26. The van der Waals surface area contributed by atoms with Crippen molar-refractivity contribution in [2.24, 2.45) is 11.8 Å². The summed E-state index contributed by atoms with van der Waals surface area (Å²) in [5.74, 6) is 1.53. The first-order valence-electron chi connectivity index (χ1n) is 13.4. The highest BCUT2D eigenvalue weighted by atomic mass is 19.1. The van der Waals surface area contributed by atoms with Gasteiger partial charge in [0.25, 0.3) is 0 Å². The Balaban J connectivity index is 1.10. The largest absolute Gasteiger partial charge is 0.322 e. The third-order valence-corrected chi connectivity index (χ3v) is 8.30. The topological polar surface area (TPSA) is 75.0 Å². The Hall–Kier alpha value is -3.57. The third-order valence-electron chi connectivity index (χ3n) is 8.30. The Morgan fingerprint density at radius 1 is 0.974 bits per heavy atom. The minimum absolute atomic E-state index is 0.0551. The fraction of sp³-hybridized carbons (Fsp3) is 0.429. The quantitative estimate of drug-likeness (QED) is 0.394. The molecular weight excluding hydrogens is 505 g/mol. The van der Waals surface area contributed by atoms with E-state index in [1.165, 1.54) is 19.2 Å². The van der Waals surface area contributed by atoms with Gasteiger partial charge in [-0.3, -0.25) is 4.90 Å². The first-order chi connectivity index (χ1) is 18.9. The summed E-state index contributed by atoms with van der Waals surface area (Å²) < 4.78 is 45.1. The van der Waals surface area contributed by atoms with Crippen molar-refractivity contribution in [2.45, 2.75) is 25.4 Å². The van der Waals surface area contributed by atoms with E-state index in [4.69, 9.17) is 0 Å². The molecule has 39 heavy (non-hydrogen) atoms. The number of hydrogen-bond donors (Lipinski definition) is 1. The molecule has 11 heteroatoms. The van der Waals surface area contributed by atoms with Crippen molar-refractivity contribution < 1.29 is 13.2 Å². The summed E-state index contributed by atoms with van der Waals surface area (Å²) in [6.45, 7) is 4.87. The molecule has 202 valence electrons. The van der Waals surface area contributed by atoms with Gasteiger partial charge in [0.2, 0.25) is 5.95 Å². The summed E-state index contributed by atoms with van der Waals surface area (Å²) in [5.41, 5.74) is 1.91. The molecule has 3 aromatic heterocycles. The van der Waals surface area contributed by atoms with E-state index in [0.29, 0.717) is 30.0 Å². The van der Waals surface area contributed by atoms with Crippen LogP contribution in [0.2, 0.25) is 0 Å². The minimum Gasteiger partial charge on any atom is -0.322 e. The Labute approximate surface area is 223 Å². The zero-order chi connectivity index (χ0) is 26.7. The van der Waals surface area contributed by atoms with Gasteiger partial charge in [0, 0.05) is 50.9 Å². The summed E-state index contributed by atoms with van der Waals surface area (Å²) in [6, 6.07) is 6.31. The number of anilines is 2. The molecular formula is C28H29F3N8. The van der Waals surface area contributed by atoms with Gasteiger partial charge in [-0.15, -0.1) is 0 Å². The maximum atomic E-state index is 15.0. The van der Waals surface area contributed by atoms with Crippen LogP contribution in [-0.4, -0.2) is 74.2 Å². The second-order valence-corrected chi connectivity index (χ2v) is 11.1. The van der Waals surface area contributed by atoms with Gasteiger partial charge in [-0.1, -0.05) is 6.07 Å². The number of aryl methyl sites for hydroxylation is 1. The van der Waals surface area contributed by atoms with Gasteiger partial charge in [0.1, 0.15) is 29.5 Å². The molecule has 0 bridgehead atoms. The molecule has 0 aliphatic carbocycles. The molecule has 3 aliphatic heterocycles. The number of fused-ring (bicyclic) bond motifs is 4. The molecule has 3 atom stereocenters. The summed E-state index contributed by atoms with van der Waals surface area (Å²) in [4.78, 5) is 22.1. The molecule has 0 spiro atoms. The molecule has 0 amide bonds. The van der Waals surface area contributed by atoms with E-state index in [1.54, 1.807) is 10.6 Å². The fourth-order valence-electron chi connectivity index (χ4n) is 6.54. The number of halogens is 3. The number of pyridine rings is 1. The number of alkyl halides is 1. The van der Waals surface area contributed by atoms with Gasteiger partial charge in [0.05, 0.1) is 17.8 Å². The molecule has 1 aromatic carbocycles. The van der Waals surface area contributed by atoms with Crippen LogP contribution in [0.4, 0.5) is 24.9 Å². The number of imidazole rings is 1. The molecule has 4 aromatic rings. The van der Waals surface area contributed by atoms with Crippen LogP contribution in [0.3, 0.4) is 0 Å². The van der Waals surface area contributed by atoms with Crippen LogP contribution < -0.4 is 5.32 Å². The molecule has 1 N–H and O–H groups in total. The molecule has 2 saturated heterocycles. The summed E-state index contributed by atoms with van der Waals surface area (Å²) in [7, 11) is 2.19. The van der Waals surface area contributed by atoms with E-state index in [0.717, 1.165) is 43.2 Å². The van der Waals surface area contributed by atoms with E-state index in [1.807, 2.05) is 18.3 Å². The molecule has 6 heterocycles. The molecule has 2 unspecified atom stereocenters. The summed E-state index contributed by atoms with van der Waals surface area (Å²) >= 11 is 0. The number of likely N-dealkylation sites (tertiary alicyclic amines) is 2. The van der Waals surface area contributed by atoms with Crippen LogP contribution in [0.15, 0.2) is 36.7 Å². The van der Waals surface area contributed by atoms with Gasteiger partial charge in [0.15, 0.2) is 11.6 Å². The van der Waals surface area contributed by atoms with Gasteiger partial charge < -0.3 is 14.8 Å². The highest BCUT2D eigenvalue weighted by Crippen LogP contribution is 2.35. The van der Waals surface area contributed by atoms with Gasteiger partial charge in [-0.25, -0.2) is 33.1 Å². The lowest BCUT2D eigenvalue weighted by atomic mass is 10.0. The number of nitrogens with one attached hydrogen (secondary N) is 1. The first-order valence-corrected chi connectivity index (χ1v) is 13.4. The minimum atomic E-state index is -0.688. The zero-order valence-electron chi connectivity index (χ0n) is 21.6. The fourth-order valence-corrected chi connectivity index (χ4v) is 6.54. The van der Waals surface area contributed by atoms with E-state index in [-0.39, 0.29) is 22.7 Å². The predicted octanol–water partition coefficient (Wildman–Crippen LogP) is 4.36. The molecule has 2 fully saturated rings. The van der Waals surface area contributed by atoms with E-state index in [9.17, 15) is 13.2 Å². The molecule has 0 radical (unpaired) electrons. The number of rotatable bonds is 6. The van der Waals surface area contributed by atoms with Crippen molar-refractivity contribution in [2.75, 3.05) is 45.2 Å². The van der Waals surface area contributed by atoms with Crippen LogP contribution in [0.25, 0.3) is 22.3 Å². The van der Waals surface area contributed by atoms with Crippen molar-refractivity contribution in [1.29, 1.82) is 0 Å². The number of nitrogens with zero attached hydrogens (tertiary/aromatic N) is 7. The van der Waals surface area contributed by atoms with Crippen LogP contribution >= 0.6 is 0 Å². The number of hydrogen-bond acceptors (Lipinski definition) is 7. The standard InChI is InChI=1S/C28H29F3N8/c1-37-12-18-14-38(15-19(18)13-37)11-16-2-4-24(32-9-16)34-28-33-10-22(31)26(36-28)17-6-21(30)27-23(7-17)39-20(8-29)3-5-25(39)35-27/h2,4,6-7,9-10,18-20H,3,5,8,11-15H2,1H3,(H,32,33,34,36)/t18?,19?,20-/m0/s1. The second kappa shape index (κ2) is 9.56. The summed E-state index contributed by atoms with van der Waals surface area (Å²) in [6.07, 6.45) is 4.07. The lowest BCUT2D eigenvalue weighted by molar-refractivity contribution is 0.272. The Kier molecular flexibility index (Phi) is 6.00. The average molecular weight is 535 g/mol. The van der Waals surface area contributed by atoms with Gasteiger partial charge in [-0.2, -0.15) is 0 Å². The van der Waals surface area contributed by atoms with Crippen molar-refractivity contribution in [3.05, 3.63) is 59.7 Å². The normalized spacial score (nSPS) is 23.0. The lowest BCUT2D eigenvalue weighted by Gasteiger charge is -2.19. The smallest absolute Gasteiger partial charge is 0.229 e. The van der Waals surface area contributed by atoms with E-state index >= 15 is 0 Å². The SMILES string of the molecule is CN1CC2CN(Cc3ccc(Nc4ncc(F)c(-c5cc(F)c6nc7n(c6c5)[C@H](CF)CC7)n4)nc3)CC2C1. The van der Waals surface area contributed by atoms with Crippen molar-refractivity contribution in [3.8, 4) is 11.3 Å². The van der Waals surface area contributed by atoms with Gasteiger partial charge >= 0.3 is 0 Å². The Morgan fingerprint density at radius 2 is 1.79 bits per heavy atom. The summed E-state index contributed by atoms with van der Waals surface area (Å²) in [5, 5.41) is 3.02. The van der Waals surface area contributed by atoms with Crippen LogP contribution in [0.5, 0.6) is 0 Å². The zero-order valence-corrected chi connectivity index (χ0v) is 21.6. The van der Waals surface area contributed by atoms with Crippen LogP contribution in [-0.2, 0) is 13.0 Å². The van der Waals surface area contributed by atoms with Crippen LogP contribution in [0, 0.1) is 23.5 Å². The number of benzene rings is 1. The second-order valence-electron chi connectivity index (χ2n) is 11.1. The van der Waals surface area contributed by atoms with Crippen molar-refractivity contribution >= 4 is 22.8 Å². The maximum Gasteiger partial charge on any atom is 0.229 e. The monoisotopic (exact) mass is 534 g/mol. The highest BCUT2D eigenvalue weighted by Gasteiger charge is 2.38. The maximum absolute atomic E-state index is 15.0. The molecule has 3 aliphatic rings. The molecule has 8 nitrogen and oxygen atoms in total. The van der Waals surface area contributed by atoms with Crippen molar-refractivity contribution in [3.63, 3.8) is 0 Å². The first kappa shape index (κ1) is 24.5. The number of aromatic nitrogens is 5. The molecule has 0 saturated carbocycles. The Bertz CT molecular complexity index is 1520.